The fourth-order valence-electron chi connectivity index (χ4n) is 5.66. The maximum Gasteiger partial charge on any atom is 0.318 e. The summed E-state index contributed by atoms with van der Waals surface area (Å²) in [5, 5.41) is 10.3. The Morgan fingerprint density at radius 1 is 1.09 bits per heavy atom. The number of carbonyl (C=O) groups is 1. The zero-order valence-electron chi connectivity index (χ0n) is 25.4. The number of piperazine rings is 1. The normalized spacial score (nSPS) is 17.4. The molecule has 12 heteroatoms. The van der Waals surface area contributed by atoms with Gasteiger partial charge in [0.1, 0.15) is 5.82 Å². The first-order valence-corrected chi connectivity index (χ1v) is 14.9. The molecule has 3 aromatic rings. The minimum absolute atomic E-state index is 0.0265. The number of carbonyl (C=O) groups excluding carboxylic acids is 1. The Hall–Kier alpha value is -4.01. The molecule has 44 heavy (non-hydrogen) atoms. The second kappa shape index (κ2) is 14.6. The van der Waals surface area contributed by atoms with Gasteiger partial charge < -0.3 is 24.3 Å². The molecule has 0 spiro atoms. The van der Waals surface area contributed by atoms with Crippen molar-refractivity contribution in [2.45, 2.75) is 32.2 Å². The highest BCUT2D eigenvalue weighted by atomic mass is 35.5. The van der Waals surface area contributed by atoms with Gasteiger partial charge in [-0.15, -0.1) is 0 Å². The smallest absolute Gasteiger partial charge is 0.318 e. The number of nitriles is 1. The van der Waals surface area contributed by atoms with E-state index < -0.39 is 5.92 Å². The molecular formula is C32H38ClF2N7O2. The maximum atomic E-state index is 12.2. The lowest BCUT2D eigenvalue weighted by molar-refractivity contribution is -0.126. The lowest BCUT2D eigenvalue weighted by atomic mass is 10.0. The fraction of sp³-hybridized carbons (Fsp3) is 0.438. The van der Waals surface area contributed by atoms with Crippen molar-refractivity contribution in [1.29, 1.82) is 5.26 Å². The Bertz CT molecular complexity index is 1520. The van der Waals surface area contributed by atoms with Gasteiger partial charge in [0.05, 0.1) is 37.0 Å². The zero-order valence-corrected chi connectivity index (χ0v) is 26.2. The summed E-state index contributed by atoms with van der Waals surface area (Å²) in [6.07, 6.45) is 2.23. The second-order valence-electron chi connectivity index (χ2n) is 10.8. The molecule has 0 bridgehead atoms. The van der Waals surface area contributed by atoms with E-state index in [0.29, 0.717) is 32.2 Å². The average molecular weight is 626 g/mol. The van der Waals surface area contributed by atoms with Gasteiger partial charge in [0.2, 0.25) is 5.91 Å². The fourth-order valence-corrected chi connectivity index (χ4v) is 5.94. The second-order valence-corrected chi connectivity index (χ2v) is 11.2. The number of rotatable bonds is 4. The summed E-state index contributed by atoms with van der Waals surface area (Å²) in [5.41, 5.74) is 3.23. The molecule has 0 radical (unpaired) electrons. The number of alkyl halides is 2. The van der Waals surface area contributed by atoms with Gasteiger partial charge in [-0.3, -0.25) is 4.79 Å². The molecule has 1 amide bonds. The van der Waals surface area contributed by atoms with Crippen molar-refractivity contribution < 1.29 is 18.3 Å². The monoisotopic (exact) mass is 625 g/mol. The highest BCUT2D eigenvalue weighted by molar-refractivity contribution is 6.36. The number of anilines is 2. The number of amides is 1. The largest absolute Gasteiger partial charge is 0.467 e. The molecule has 234 valence electrons. The molecule has 0 N–H and O–H groups in total. The SMILES string of the molecule is C=CC(=O)N1CCN(c2nc(OC)nc3c2CCN(c2cccc4cccc(Cl)c24)C3)CC1.CC#N.CN1CCC(F)(F)C1. The van der Waals surface area contributed by atoms with Gasteiger partial charge in [-0.1, -0.05) is 42.4 Å². The van der Waals surface area contributed by atoms with E-state index in [1.807, 2.05) is 17.0 Å². The lowest BCUT2D eigenvalue weighted by Gasteiger charge is -2.38. The van der Waals surface area contributed by atoms with Crippen LogP contribution in [0.3, 0.4) is 0 Å². The summed E-state index contributed by atoms with van der Waals surface area (Å²) in [6, 6.07) is 14.4. The lowest BCUT2D eigenvalue weighted by Crippen LogP contribution is -2.49. The van der Waals surface area contributed by atoms with Crippen LogP contribution < -0.4 is 14.5 Å². The van der Waals surface area contributed by atoms with Crippen LogP contribution in [-0.4, -0.2) is 91.6 Å². The van der Waals surface area contributed by atoms with Gasteiger partial charge in [-0.05, 0) is 37.1 Å². The number of ether oxygens (including phenoxy) is 1. The minimum atomic E-state index is -2.41. The van der Waals surface area contributed by atoms with Gasteiger partial charge in [0.15, 0.2) is 0 Å². The topological polar surface area (TPSA) is 88.8 Å². The van der Waals surface area contributed by atoms with Gasteiger partial charge in [0.25, 0.3) is 5.92 Å². The van der Waals surface area contributed by atoms with E-state index in [9.17, 15) is 13.6 Å². The van der Waals surface area contributed by atoms with Crippen LogP contribution in [0.1, 0.15) is 24.6 Å². The maximum absolute atomic E-state index is 12.2. The third-order valence-corrected chi connectivity index (χ3v) is 8.12. The molecule has 3 aliphatic heterocycles. The molecule has 2 aromatic carbocycles. The van der Waals surface area contributed by atoms with Gasteiger partial charge in [-0.25, -0.2) is 8.78 Å². The number of nitrogens with zero attached hydrogens (tertiary/aromatic N) is 7. The summed E-state index contributed by atoms with van der Waals surface area (Å²) < 4.78 is 29.8. The Balaban J connectivity index is 0.000000342. The van der Waals surface area contributed by atoms with Crippen LogP contribution in [-0.2, 0) is 17.8 Å². The van der Waals surface area contributed by atoms with E-state index in [1.165, 1.54) is 13.0 Å². The molecular weight excluding hydrogens is 588 g/mol. The number of hydrogen-bond donors (Lipinski definition) is 0. The number of aromatic nitrogens is 2. The first-order chi connectivity index (χ1) is 21.1. The van der Waals surface area contributed by atoms with E-state index in [1.54, 1.807) is 25.1 Å². The van der Waals surface area contributed by atoms with Crippen LogP contribution in [0.4, 0.5) is 20.3 Å². The van der Waals surface area contributed by atoms with E-state index in [0.717, 1.165) is 64.6 Å². The molecule has 0 saturated carbocycles. The molecule has 4 heterocycles. The van der Waals surface area contributed by atoms with E-state index in [-0.39, 0.29) is 18.9 Å². The molecule has 0 unspecified atom stereocenters. The third kappa shape index (κ3) is 7.73. The average Bonchev–Trinajstić information content (AvgIpc) is 3.36. The first kappa shape index (κ1) is 32.9. The van der Waals surface area contributed by atoms with Crippen molar-refractivity contribution in [1.82, 2.24) is 19.8 Å². The summed E-state index contributed by atoms with van der Waals surface area (Å²) in [7, 11) is 3.30. The molecule has 0 aliphatic carbocycles. The standard InChI is InChI=1S/C25H26ClN5O2.C5H9F2N.C2H3N/c1-3-22(32)29-12-14-30(15-13-29)24-18-10-11-31(16-20(18)27-25(28-24)33-2)21-9-5-7-17-6-4-8-19(26)23(17)21;1-8-3-2-5(6,7)4-8;1-2-3/h3-9H,1,10-16H2,2H3;2-4H2,1H3;1H3. The number of likely N-dealkylation sites (tertiary alicyclic amines) is 1. The molecule has 0 atom stereocenters. The van der Waals surface area contributed by atoms with Gasteiger partial charge in [-0.2, -0.15) is 15.2 Å². The van der Waals surface area contributed by atoms with Crippen molar-refractivity contribution >= 4 is 39.8 Å². The van der Waals surface area contributed by atoms with Crippen molar-refractivity contribution in [2.75, 3.05) is 69.8 Å². The molecule has 6 rings (SSSR count). The van der Waals surface area contributed by atoms with E-state index in [2.05, 4.69) is 40.6 Å². The predicted octanol–water partition coefficient (Wildman–Crippen LogP) is 5.18. The molecule has 1 aromatic heterocycles. The van der Waals surface area contributed by atoms with Crippen LogP contribution in [0.5, 0.6) is 6.01 Å². The van der Waals surface area contributed by atoms with Gasteiger partial charge >= 0.3 is 6.01 Å². The summed E-state index contributed by atoms with van der Waals surface area (Å²) in [5.74, 6) is -1.52. The number of methoxy groups -OCH3 is 1. The number of hydrogen-bond acceptors (Lipinski definition) is 8. The van der Waals surface area contributed by atoms with Crippen molar-refractivity contribution in [3.63, 3.8) is 0 Å². The van der Waals surface area contributed by atoms with E-state index in [4.69, 9.17) is 31.6 Å². The van der Waals surface area contributed by atoms with Crippen LogP contribution >= 0.6 is 11.6 Å². The number of fused-ring (bicyclic) bond motifs is 2. The zero-order chi connectivity index (χ0) is 31.9. The first-order valence-electron chi connectivity index (χ1n) is 14.5. The molecule has 3 aliphatic rings. The van der Waals surface area contributed by atoms with Crippen LogP contribution in [0.2, 0.25) is 5.02 Å². The number of halogens is 3. The summed E-state index contributed by atoms with van der Waals surface area (Å²) in [4.78, 5) is 29.4. The quantitative estimate of drug-likeness (QED) is 0.367. The van der Waals surface area contributed by atoms with Crippen LogP contribution in [0.15, 0.2) is 49.1 Å². The molecule has 2 fully saturated rings. The molecule has 9 nitrogen and oxygen atoms in total. The predicted molar refractivity (Wildman–Crippen MR) is 170 cm³/mol. The van der Waals surface area contributed by atoms with Crippen molar-refractivity contribution in [3.05, 3.63) is 65.3 Å². The Morgan fingerprint density at radius 3 is 2.34 bits per heavy atom. The Kier molecular flexibility index (Phi) is 10.9. The Morgan fingerprint density at radius 2 is 1.77 bits per heavy atom. The third-order valence-electron chi connectivity index (χ3n) is 7.80. The van der Waals surface area contributed by atoms with Crippen molar-refractivity contribution in [2.24, 2.45) is 0 Å². The van der Waals surface area contributed by atoms with Crippen LogP contribution in [0, 0.1) is 11.3 Å². The minimum Gasteiger partial charge on any atom is -0.467 e. The number of benzene rings is 2. The van der Waals surface area contributed by atoms with Crippen LogP contribution in [0.25, 0.3) is 10.8 Å². The highest BCUT2D eigenvalue weighted by Crippen LogP contribution is 2.37. The summed E-state index contributed by atoms with van der Waals surface area (Å²) in [6.45, 7) is 9.72. The van der Waals surface area contributed by atoms with Gasteiger partial charge in [0, 0.05) is 69.3 Å². The molecule has 2 saturated heterocycles. The highest BCUT2D eigenvalue weighted by Gasteiger charge is 2.36. The van der Waals surface area contributed by atoms with E-state index >= 15 is 0 Å². The Labute approximate surface area is 262 Å². The summed E-state index contributed by atoms with van der Waals surface area (Å²) >= 11 is 6.59. The van der Waals surface area contributed by atoms with Crippen molar-refractivity contribution in [3.8, 4) is 12.1 Å².